The molecule has 0 aliphatic carbocycles. The standard InChI is InChI=1S/C16H34O4S.C4H11NO4/c1-2-3-4-5-6-7-8-9-10-11-12-13-14-15-16-20-21(17,18)19;6-1-3-8-5-9-4-2-7/h2-16H2,1H3,(H,17,18,19);5-7H,1-4H2. The van der Waals surface area contributed by atoms with E-state index in [1.54, 1.807) is 0 Å². The number of nitrogens with one attached hydrogen (secondary N) is 1. The third-order valence-corrected chi connectivity index (χ3v) is 4.70. The zero-order chi connectivity index (χ0) is 22.8. The molecule has 0 aliphatic heterocycles. The third kappa shape index (κ3) is 35.1. The monoisotopic (exact) mass is 459 g/mol. The Balaban J connectivity index is 0. The van der Waals surface area contributed by atoms with Crippen molar-refractivity contribution in [2.75, 3.05) is 33.0 Å². The van der Waals surface area contributed by atoms with E-state index in [1.165, 1.54) is 70.6 Å². The minimum atomic E-state index is -4.24. The van der Waals surface area contributed by atoms with Gasteiger partial charge in [-0.2, -0.15) is 8.42 Å². The van der Waals surface area contributed by atoms with Gasteiger partial charge in [0.2, 0.25) is 0 Å². The van der Waals surface area contributed by atoms with Gasteiger partial charge in [-0.15, -0.1) is 0 Å². The predicted molar refractivity (Wildman–Crippen MR) is 117 cm³/mol. The quantitative estimate of drug-likeness (QED) is 0.108. The molecule has 0 heterocycles. The fraction of sp³-hybridized carbons (Fsp3) is 1.00. The summed E-state index contributed by atoms with van der Waals surface area (Å²) in [6.07, 6.45) is 17.6. The largest absolute Gasteiger partial charge is 0.397 e. The Hall–Kier alpha value is -0.330. The van der Waals surface area contributed by atoms with Crippen LogP contribution in [0.5, 0.6) is 0 Å². The van der Waals surface area contributed by atoms with Crippen molar-refractivity contribution in [3.8, 4) is 0 Å². The summed E-state index contributed by atoms with van der Waals surface area (Å²) in [5.41, 5.74) is 2.07. The Morgan fingerprint density at radius 3 is 1.33 bits per heavy atom. The lowest BCUT2D eigenvalue weighted by Gasteiger charge is -2.03. The van der Waals surface area contributed by atoms with Gasteiger partial charge < -0.3 is 10.2 Å². The van der Waals surface area contributed by atoms with Crippen molar-refractivity contribution in [3.63, 3.8) is 0 Å². The fourth-order valence-electron chi connectivity index (χ4n) is 2.68. The van der Waals surface area contributed by atoms with Gasteiger partial charge in [-0.25, -0.2) is 4.18 Å². The molecule has 9 nitrogen and oxygen atoms in total. The van der Waals surface area contributed by atoms with Crippen LogP contribution < -0.4 is 5.64 Å². The van der Waals surface area contributed by atoms with Crippen molar-refractivity contribution in [2.24, 2.45) is 0 Å². The highest BCUT2D eigenvalue weighted by molar-refractivity contribution is 7.80. The molecule has 0 bridgehead atoms. The first kappa shape index (κ1) is 31.9. The first-order valence-electron chi connectivity index (χ1n) is 11.3. The molecule has 0 rings (SSSR count). The van der Waals surface area contributed by atoms with Crippen LogP contribution in [0.1, 0.15) is 96.8 Å². The Morgan fingerprint density at radius 2 is 1.00 bits per heavy atom. The summed E-state index contributed by atoms with van der Waals surface area (Å²) in [6.45, 7) is 2.57. The number of hydrogen-bond donors (Lipinski definition) is 4. The highest BCUT2D eigenvalue weighted by Crippen LogP contribution is 2.12. The van der Waals surface area contributed by atoms with Crippen molar-refractivity contribution < 1.29 is 37.0 Å². The molecule has 4 N–H and O–H groups in total. The minimum Gasteiger partial charge on any atom is -0.394 e. The highest BCUT2D eigenvalue weighted by atomic mass is 32.3. The lowest BCUT2D eigenvalue weighted by molar-refractivity contribution is -0.178. The fourth-order valence-corrected chi connectivity index (χ4v) is 3.01. The average molecular weight is 460 g/mol. The molecule has 0 saturated heterocycles. The minimum absolute atomic E-state index is 0.0600. The topological polar surface area (TPSA) is 135 Å². The number of aliphatic hydroxyl groups is 2. The smallest absolute Gasteiger partial charge is 0.394 e. The maximum atomic E-state index is 10.3. The number of aliphatic hydroxyl groups excluding tert-OH is 2. The van der Waals surface area contributed by atoms with Crippen LogP contribution in [0.3, 0.4) is 0 Å². The first-order valence-corrected chi connectivity index (χ1v) is 12.7. The van der Waals surface area contributed by atoms with Gasteiger partial charge in [0.15, 0.2) is 0 Å². The van der Waals surface area contributed by atoms with Crippen LogP contribution in [-0.2, 0) is 24.3 Å². The molecule has 0 aromatic rings. The van der Waals surface area contributed by atoms with Crippen molar-refractivity contribution in [2.45, 2.75) is 96.8 Å². The highest BCUT2D eigenvalue weighted by Gasteiger charge is 2.02. The van der Waals surface area contributed by atoms with Crippen LogP contribution in [0.25, 0.3) is 0 Å². The molecule has 0 aliphatic rings. The lowest BCUT2D eigenvalue weighted by atomic mass is 10.0. The summed E-state index contributed by atoms with van der Waals surface area (Å²) in [4.78, 5) is 8.90. The van der Waals surface area contributed by atoms with Gasteiger partial charge in [0.25, 0.3) is 0 Å². The van der Waals surface area contributed by atoms with Gasteiger partial charge in [0.1, 0.15) is 0 Å². The third-order valence-electron chi connectivity index (χ3n) is 4.23. The van der Waals surface area contributed by atoms with Crippen molar-refractivity contribution >= 4 is 10.4 Å². The maximum Gasteiger partial charge on any atom is 0.397 e. The zero-order valence-electron chi connectivity index (χ0n) is 18.7. The van der Waals surface area contributed by atoms with Crippen molar-refractivity contribution in [1.29, 1.82) is 0 Å². The molecule has 0 aromatic carbocycles. The molecule has 184 valence electrons. The van der Waals surface area contributed by atoms with E-state index in [-0.39, 0.29) is 33.0 Å². The SMILES string of the molecule is CCCCCCCCCCCCCCCCOS(=O)(=O)O.OCCONOCCO. The van der Waals surface area contributed by atoms with Crippen LogP contribution in [-0.4, -0.2) is 56.2 Å². The van der Waals surface area contributed by atoms with E-state index in [1.807, 2.05) is 0 Å². The predicted octanol–water partition coefficient (Wildman–Crippen LogP) is 3.71. The normalized spacial score (nSPS) is 11.3. The molecular formula is C20H45NO8S. The van der Waals surface area contributed by atoms with Gasteiger partial charge in [-0.1, -0.05) is 96.0 Å². The second kappa shape index (κ2) is 26.7. The number of unbranched alkanes of at least 4 members (excludes halogenated alkanes) is 13. The Bertz CT molecular complexity index is 404. The Labute approximate surface area is 183 Å². The Morgan fingerprint density at radius 1 is 0.633 bits per heavy atom. The van der Waals surface area contributed by atoms with Gasteiger partial charge >= 0.3 is 10.4 Å². The van der Waals surface area contributed by atoms with E-state index in [2.05, 4.69) is 26.4 Å². The van der Waals surface area contributed by atoms with E-state index in [0.717, 1.165) is 12.8 Å². The Kier molecular flexibility index (Phi) is 28.4. The zero-order valence-corrected chi connectivity index (χ0v) is 19.5. The number of rotatable bonds is 22. The second-order valence-electron chi connectivity index (χ2n) is 7.07. The van der Waals surface area contributed by atoms with E-state index < -0.39 is 10.4 Å². The summed E-state index contributed by atoms with van der Waals surface area (Å²) < 4.78 is 33.2. The molecule has 0 amide bonds. The average Bonchev–Trinajstić information content (AvgIpc) is 2.70. The molecule has 0 radical (unpaired) electrons. The molecule has 30 heavy (non-hydrogen) atoms. The van der Waals surface area contributed by atoms with Gasteiger partial charge in [-0.3, -0.25) is 14.2 Å². The van der Waals surface area contributed by atoms with Crippen LogP contribution in [0, 0.1) is 0 Å². The van der Waals surface area contributed by atoms with Gasteiger partial charge in [-0.05, 0) is 6.42 Å². The molecule has 0 saturated carbocycles. The summed E-state index contributed by atoms with van der Waals surface area (Å²) in [7, 11) is -4.24. The van der Waals surface area contributed by atoms with Crippen LogP contribution in [0.15, 0.2) is 0 Å². The molecule has 0 atom stereocenters. The van der Waals surface area contributed by atoms with Crippen LogP contribution in [0.2, 0.25) is 0 Å². The van der Waals surface area contributed by atoms with E-state index in [4.69, 9.17) is 14.8 Å². The molecule has 0 aromatic heterocycles. The summed E-state index contributed by atoms with van der Waals surface area (Å²) in [5, 5.41) is 16.3. The lowest BCUT2D eigenvalue weighted by Crippen LogP contribution is -2.19. The molecule has 0 spiro atoms. The molecule has 0 unspecified atom stereocenters. The maximum absolute atomic E-state index is 10.3. The van der Waals surface area contributed by atoms with Gasteiger partial charge in [0, 0.05) is 0 Å². The number of hydrogen-bond acceptors (Lipinski definition) is 8. The van der Waals surface area contributed by atoms with E-state index in [9.17, 15) is 8.42 Å². The van der Waals surface area contributed by atoms with Crippen molar-refractivity contribution in [3.05, 3.63) is 0 Å². The van der Waals surface area contributed by atoms with E-state index >= 15 is 0 Å². The summed E-state index contributed by atoms with van der Waals surface area (Å²) >= 11 is 0. The van der Waals surface area contributed by atoms with Crippen LogP contribution in [0.4, 0.5) is 0 Å². The van der Waals surface area contributed by atoms with Crippen molar-refractivity contribution in [1.82, 2.24) is 5.64 Å². The van der Waals surface area contributed by atoms with E-state index in [0.29, 0.717) is 6.42 Å². The van der Waals surface area contributed by atoms with Gasteiger partial charge in [0.05, 0.1) is 33.0 Å². The summed E-state index contributed by atoms with van der Waals surface area (Å²) in [6, 6.07) is 0. The molecular weight excluding hydrogens is 414 g/mol. The summed E-state index contributed by atoms with van der Waals surface area (Å²) in [5.74, 6) is 0. The first-order chi connectivity index (χ1) is 14.5. The molecule has 0 fully saturated rings. The molecule has 10 heteroatoms. The van der Waals surface area contributed by atoms with Crippen LogP contribution >= 0.6 is 0 Å². The second-order valence-corrected chi connectivity index (χ2v) is 8.16.